The van der Waals surface area contributed by atoms with Gasteiger partial charge >= 0.3 is 0 Å². The van der Waals surface area contributed by atoms with E-state index < -0.39 is 10.0 Å². The molecule has 0 saturated heterocycles. The van der Waals surface area contributed by atoms with E-state index in [1.54, 1.807) is 12.1 Å². The summed E-state index contributed by atoms with van der Waals surface area (Å²) < 4.78 is 22.8. The van der Waals surface area contributed by atoms with Crippen molar-refractivity contribution in [1.82, 2.24) is 5.32 Å². The summed E-state index contributed by atoms with van der Waals surface area (Å²) in [5.74, 6) is 0. The molecular formula is C16H20N2O2S. The molecule has 0 heterocycles. The van der Waals surface area contributed by atoms with E-state index >= 15 is 0 Å². The number of hydrogen-bond acceptors (Lipinski definition) is 3. The largest absolute Gasteiger partial charge is 0.306 e. The molecule has 0 bridgehead atoms. The van der Waals surface area contributed by atoms with Gasteiger partial charge in [0.05, 0.1) is 4.90 Å². The van der Waals surface area contributed by atoms with Crippen LogP contribution in [0, 0.1) is 6.92 Å². The van der Waals surface area contributed by atoms with Crippen LogP contribution in [0.5, 0.6) is 0 Å². The molecule has 0 aliphatic heterocycles. The minimum atomic E-state index is -3.66. The minimum absolute atomic E-state index is 0.0352. The Morgan fingerprint density at radius 1 is 1.14 bits per heavy atom. The molecule has 4 nitrogen and oxygen atoms in total. The van der Waals surface area contributed by atoms with Crippen LogP contribution < -0.4 is 10.5 Å². The maximum absolute atomic E-state index is 11.4. The van der Waals surface area contributed by atoms with Crippen molar-refractivity contribution >= 4 is 10.0 Å². The Kier molecular flexibility index (Phi) is 4.77. The third-order valence-electron chi connectivity index (χ3n) is 3.42. The number of aryl methyl sites for hydroxylation is 1. The fourth-order valence-corrected chi connectivity index (χ4v) is 2.62. The van der Waals surface area contributed by atoms with E-state index in [9.17, 15) is 8.42 Å². The number of benzene rings is 2. The van der Waals surface area contributed by atoms with Crippen LogP contribution >= 0.6 is 0 Å². The van der Waals surface area contributed by atoms with Crippen LogP contribution in [0.3, 0.4) is 0 Å². The van der Waals surface area contributed by atoms with Crippen LogP contribution in [-0.2, 0) is 16.6 Å². The molecule has 0 aromatic heterocycles. The van der Waals surface area contributed by atoms with Gasteiger partial charge in [-0.1, -0.05) is 42.0 Å². The lowest BCUT2D eigenvalue weighted by Crippen LogP contribution is -2.19. The molecule has 0 spiro atoms. The molecule has 0 aliphatic rings. The molecule has 2 aromatic carbocycles. The second-order valence-electron chi connectivity index (χ2n) is 5.21. The van der Waals surface area contributed by atoms with Gasteiger partial charge in [-0.15, -0.1) is 0 Å². The van der Waals surface area contributed by atoms with Crippen LogP contribution in [0.25, 0.3) is 0 Å². The van der Waals surface area contributed by atoms with Crippen LogP contribution in [0.4, 0.5) is 0 Å². The lowest BCUT2D eigenvalue weighted by molar-refractivity contribution is 0.572. The first kappa shape index (κ1) is 15.7. The molecule has 0 fully saturated rings. The molecule has 1 unspecified atom stereocenters. The molecule has 21 heavy (non-hydrogen) atoms. The van der Waals surface area contributed by atoms with Crippen molar-refractivity contribution in [2.75, 3.05) is 0 Å². The van der Waals surface area contributed by atoms with E-state index in [0.29, 0.717) is 0 Å². The maximum atomic E-state index is 11.4. The van der Waals surface area contributed by atoms with E-state index in [1.165, 1.54) is 17.2 Å². The highest BCUT2D eigenvalue weighted by Crippen LogP contribution is 2.17. The molecule has 2 rings (SSSR count). The molecule has 0 radical (unpaired) electrons. The number of rotatable bonds is 5. The zero-order valence-electron chi connectivity index (χ0n) is 12.2. The Morgan fingerprint density at radius 3 is 2.43 bits per heavy atom. The lowest BCUT2D eigenvalue weighted by atomic mass is 10.1. The van der Waals surface area contributed by atoms with Crippen molar-refractivity contribution in [2.45, 2.75) is 31.3 Å². The third-order valence-corrected chi connectivity index (χ3v) is 4.33. The zero-order chi connectivity index (χ0) is 15.5. The highest BCUT2D eigenvalue weighted by molar-refractivity contribution is 7.89. The van der Waals surface area contributed by atoms with Crippen molar-refractivity contribution in [3.05, 3.63) is 65.2 Å². The van der Waals surface area contributed by atoms with Crippen molar-refractivity contribution in [3.8, 4) is 0 Å². The highest BCUT2D eigenvalue weighted by atomic mass is 32.2. The summed E-state index contributed by atoms with van der Waals surface area (Å²) in [5.41, 5.74) is 3.32. The molecule has 1 atom stereocenters. The second-order valence-corrected chi connectivity index (χ2v) is 6.77. The molecule has 2 aromatic rings. The average Bonchev–Trinajstić information content (AvgIpc) is 2.45. The van der Waals surface area contributed by atoms with Crippen LogP contribution in [0.2, 0.25) is 0 Å². The fraction of sp³-hybridized carbons (Fsp3) is 0.250. The van der Waals surface area contributed by atoms with Gasteiger partial charge < -0.3 is 5.32 Å². The van der Waals surface area contributed by atoms with Gasteiger partial charge in [-0.05, 0) is 37.1 Å². The molecule has 3 N–H and O–H groups in total. The SMILES string of the molecule is Cc1ccc(CNC(C)c2cccc(S(N)(=O)=O)c2)cc1. The minimum Gasteiger partial charge on any atom is -0.306 e. The summed E-state index contributed by atoms with van der Waals surface area (Å²) in [6, 6.07) is 15.1. The summed E-state index contributed by atoms with van der Waals surface area (Å²) in [5, 5.41) is 8.53. The Hall–Kier alpha value is -1.69. The van der Waals surface area contributed by atoms with E-state index in [-0.39, 0.29) is 10.9 Å². The van der Waals surface area contributed by atoms with Gasteiger partial charge in [0, 0.05) is 12.6 Å². The first-order valence-corrected chi connectivity index (χ1v) is 8.32. The molecular weight excluding hydrogens is 284 g/mol. The van der Waals surface area contributed by atoms with E-state index in [4.69, 9.17) is 5.14 Å². The normalized spacial score (nSPS) is 13.1. The number of hydrogen-bond donors (Lipinski definition) is 2. The summed E-state index contributed by atoms with van der Waals surface area (Å²) in [4.78, 5) is 0.143. The van der Waals surface area contributed by atoms with Gasteiger partial charge in [-0.3, -0.25) is 0 Å². The van der Waals surface area contributed by atoms with Crippen molar-refractivity contribution in [1.29, 1.82) is 0 Å². The average molecular weight is 304 g/mol. The molecule has 0 amide bonds. The number of sulfonamides is 1. The van der Waals surface area contributed by atoms with Gasteiger partial charge in [0.2, 0.25) is 10.0 Å². The van der Waals surface area contributed by atoms with E-state index in [1.807, 2.05) is 13.0 Å². The molecule has 112 valence electrons. The molecule has 5 heteroatoms. The standard InChI is InChI=1S/C16H20N2O2S/c1-12-6-8-14(9-7-12)11-18-13(2)15-4-3-5-16(10-15)21(17,19)20/h3-10,13,18H,11H2,1-2H3,(H2,17,19,20). The monoisotopic (exact) mass is 304 g/mol. The number of nitrogens with one attached hydrogen (secondary N) is 1. The number of nitrogens with two attached hydrogens (primary N) is 1. The van der Waals surface area contributed by atoms with E-state index in [0.717, 1.165) is 12.1 Å². The molecule has 0 aliphatic carbocycles. The van der Waals surface area contributed by atoms with Gasteiger partial charge in [0.15, 0.2) is 0 Å². The first-order chi connectivity index (χ1) is 9.86. The van der Waals surface area contributed by atoms with Crippen LogP contribution in [0.15, 0.2) is 53.4 Å². The van der Waals surface area contributed by atoms with Gasteiger partial charge in [0.1, 0.15) is 0 Å². The predicted molar refractivity (Wildman–Crippen MR) is 84.2 cm³/mol. The van der Waals surface area contributed by atoms with Crippen molar-refractivity contribution in [2.24, 2.45) is 5.14 Å². The van der Waals surface area contributed by atoms with Crippen molar-refractivity contribution < 1.29 is 8.42 Å². The third kappa shape index (κ3) is 4.39. The smallest absolute Gasteiger partial charge is 0.238 e. The van der Waals surface area contributed by atoms with Crippen molar-refractivity contribution in [3.63, 3.8) is 0 Å². The maximum Gasteiger partial charge on any atom is 0.238 e. The Bertz CT molecular complexity index is 709. The Balaban J connectivity index is 2.06. The van der Waals surface area contributed by atoms with Gasteiger partial charge in [-0.25, -0.2) is 13.6 Å². The summed E-state index contributed by atoms with van der Waals surface area (Å²) in [6.45, 7) is 4.77. The zero-order valence-corrected chi connectivity index (χ0v) is 13.0. The van der Waals surface area contributed by atoms with E-state index in [2.05, 4.69) is 36.5 Å². The molecule has 0 saturated carbocycles. The second kappa shape index (κ2) is 6.39. The highest BCUT2D eigenvalue weighted by Gasteiger charge is 2.11. The van der Waals surface area contributed by atoms with Gasteiger partial charge in [-0.2, -0.15) is 0 Å². The summed E-state index contributed by atoms with van der Waals surface area (Å²) >= 11 is 0. The van der Waals surface area contributed by atoms with Gasteiger partial charge in [0.25, 0.3) is 0 Å². The number of primary sulfonamides is 1. The quantitative estimate of drug-likeness (QED) is 0.891. The predicted octanol–water partition coefficient (Wildman–Crippen LogP) is 2.49. The Labute approximate surface area is 126 Å². The Morgan fingerprint density at radius 2 is 1.81 bits per heavy atom. The van der Waals surface area contributed by atoms with Crippen LogP contribution in [0.1, 0.15) is 29.7 Å². The fourth-order valence-electron chi connectivity index (χ4n) is 2.06. The summed E-state index contributed by atoms with van der Waals surface area (Å²) in [6.07, 6.45) is 0. The first-order valence-electron chi connectivity index (χ1n) is 6.78. The summed E-state index contributed by atoms with van der Waals surface area (Å²) in [7, 11) is -3.66. The lowest BCUT2D eigenvalue weighted by Gasteiger charge is -2.15. The van der Waals surface area contributed by atoms with Crippen LogP contribution in [-0.4, -0.2) is 8.42 Å². The topological polar surface area (TPSA) is 72.2 Å².